The normalized spacial score (nSPS) is 14.6. The fourth-order valence-electron chi connectivity index (χ4n) is 5.01. The minimum atomic E-state index is -0.689. The second kappa shape index (κ2) is 12.3. The Kier molecular flexibility index (Phi) is 8.02. The Labute approximate surface area is 252 Å². The molecular formula is C35H29N3O4S. The Hall–Kier alpha value is -5.21. The molecule has 214 valence electrons. The van der Waals surface area contributed by atoms with Gasteiger partial charge in [0, 0.05) is 5.69 Å². The van der Waals surface area contributed by atoms with Crippen LogP contribution in [0.5, 0.6) is 11.5 Å². The number of methoxy groups -OCH3 is 1. The highest BCUT2D eigenvalue weighted by molar-refractivity contribution is 7.07. The number of hydrogen-bond acceptors (Lipinski definition) is 6. The average Bonchev–Trinajstić information content (AvgIpc) is 3.34. The third kappa shape index (κ3) is 6.05. The summed E-state index contributed by atoms with van der Waals surface area (Å²) in [6, 6.07) is 33.6. The molecule has 0 fully saturated rings. The van der Waals surface area contributed by atoms with E-state index in [2.05, 4.69) is 5.32 Å². The van der Waals surface area contributed by atoms with Crippen molar-refractivity contribution in [3.63, 3.8) is 0 Å². The van der Waals surface area contributed by atoms with Gasteiger partial charge in [0.25, 0.3) is 11.5 Å². The lowest BCUT2D eigenvalue weighted by Crippen LogP contribution is -2.40. The van der Waals surface area contributed by atoms with Crippen LogP contribution in [0.2, 0.25) is 0 Å². The molecule has 6 rings (SSSR count). The van der Waals surface area contributed by atoms with E-state index in [-0.39, 0.29) is 11.5 Å². The number of carbonyl (C=O) groups is 1. The number of rotatable bonds is 8. The molecule has 1 aliphatic heterocycles. The van der Waals surface area contributed by atoms with Crippen LogP contribution in [0, 0.1) is 0 Å². The van der Waals surface area contributed by atoms with E-state index < -0.39 is 6.04 Å². The predicted octanol–water partition coefficient (Wildman–Crippen LogP) is 5.46. The van der Waals surface area contributed by atoms with Gasteiger partial charge < -0.3 is 14.8 Å². The third-order valence-electron chi connectivity index (χ3n) is 7.13. The van der Waals surface area contributed by atoms with Crippen molar-refractivity contribution < 1.29 is 14.3 Å². The first kappa shape index (κ1) is 27.9. The van der Waals surface area contributed by atoms with Crippen molar-refractivity contribution in [2.24, 2.45) is 4.99 Å². The van der Waals surface area contributed by atoms with E-state index in [1.807, 2.05) is 115 Å². The molecule has 0 radical (unpaired) electrons. The number of thiazole rings is 1. The summed E-state index contributed by atoms with van der Waals surface area (Å²) in [7, 11) is 1.59. The molecule has 1 N–H and O–H groups in total. The molecule has 7 nitrogen and oxygen atoms in total. The number of nitrogens with zero attached hydrogens (tertiary/aromatic N) is 2. The SMILES string of the molecule is COc1cccc([C@H]2C(C(=O)Nc3ccccc3)=C(C)N=c3s/c(=C\c4ccc(OCc5ccccc5)cc4)c(=O)n32)c1. The molecule has 0 bridgehead atoms. The quantitative estimate of drug-likeness (QED) is 0.261. The molecule has 2 heterocycles. The number of anilines is 1. The van der Waals surface area contributed by atoms with Crippen LogP contribution in [0.25, 0.3) is 6.08 Å². The van der Waals surface area contributed by atoms with Gasteiger partial charge in [-0.3, -0.25) is 14.2 Å². The molecule has 8 heteroatoms. The number of nitrogens with one attached hydrogen (secondary N) is 1. The minimum absolute atomic E-state index is 0.224. The summed E-state index contributed by atoms with van der Waals surface area (Å²) >= 11 is 1.30. The van der Waals surface area contributed by atoms with Crippen molar-refractivity contribution in [2.75, 3.05) is 12.4 Å². The van der Waals surface area contributed by atoms with Gasteiger partial charge in [-0.2, -0.15) is 0 Å². The van der Waals surface area contributed by atoms with Gasteiger partial charge in [0.05, 0.1) is 29.0 Å². The second-order valence-electron chi connectivity index (χ2n) is 10.0. The van der Waals surface area contributed by atoms with Crippen LogP contribution in [0.4, 0.5) is 5.69 Å². The van der Waals surface area contributed by atoms with E-state index in [4.69, 9.17) is 14.5 Å². The van der Waals surface area contributed by atoms with Crippen LogP contribution >= 0.6 is 11.3 Å². The highest BCUT2D eigenvalue weighted by atomic mass is 32.1. The smallest absolute Gasteiger partial charge is 0.271 e. The lowest BCUT2D eigenvalue weighted by atomic mass is 9.95. The molecule has 5 aromatic rings. The number of hydrogen-bond donors (Lipinski definition) is 1. The molecule has 1 aliphatic rings. The average molecular weight is 588 g/mol. The van der Waals surface area contributed by atoms with Gasteiger partial charge in [-0.1, -0.05) is 84.1 Å². The van der Waals surface area contributed by atoms with Gasteiger partial charge in [-0.15, -0.1) is 0 Å². The maximum atomic E-state index is 14.0. The van der Waals surface area contributed by atoms with Crippen molar-refractivity contribution in [3.8, 4) is 11.5 Å². The molecular weight excluding hydrogens is 558 g/mol. The maximum Gasteiger partial charge on any atom is 0.271 e. The van der Waals surface area contributed by atoms with Gasteiger partial charge in [-0.25, -0.2) is 4.99 Å². The lowest BCUT2D eigenvalue weighted by Gasteiger charge is -2.25. The topological polar surface area (TPSA) is 81.9 Å². The predicted molar refractivity (Wildman–Crippen MR) is 169 cm³/mol. The van der Waals surface area contributed by atoms with Gasteiger partial charge in [0.15, 0.2) is 4.80 Å². The van der Waals surface area contributed by atoms with Crippen LogP contribution in [-0.4, -0.2) is 17.6 Å². The van der Waals surface area contributed by atoms with Crippen LogP contribution in [0.3, 0.4) is 0 Å². The van der Waals surface area contributed by atoms with Gasteiger partial charge in [-0.05, 0) is 66.1 Å². The monoisotopic (exact) mass is 587 g/mol. The van der Waals surface area contributed by atoms with Crippen LogP contribution in [0.15, 0.2) is 130 Å². The first-order valence-electron chi connectivity index (χ1n) is 13.8. The number of fused-ring (bicyclic) bond motifs is 1. The highest BCUT2D eigenvalue weighted by Gasteiger charge is 2.32. The van der Waals surface area contributed by atoms with Gasteiger partial charge in [0.2, 0.25) is 0 Å². The summed E-state index contributed by atoms with van der Waals surface area (Å²) in [5, 5.41) is 2.97. The Balaban J connectivity index is 1.37. The Bertz CT molecular complexity index is 1980. The molecule has 0 saturated heterocycles. The third-order valence-corrected chi connectivity index (χ3v) is 8.12. The van der Waals surface area contributed by atoms with E-state index >= 15 is 0 Å². The van der Waals surface area contributed by atoms with Crippen molar-refractivity contribution in [1.29, 1.82) is 0 Å². The van der Waals surface area contributed by atoms with Crippen LogP contribution < -0.4 is 29.7 Å². The standard InChI is InChI=1S/C35H29N3O4S/c1-23-31(33(39)37-27-13-7-4-8-14-27)32(26-12-9-15-29(21-26)41-2)38-34(40)30(43-35(38)36-23)20-24-16-18-28(19-17-24)42-22-25-10-5-3-6-11-25/h3-21,32H,22H2,1-2H3,(H,37,39)/b30-20-/t32-/m0/s1. The summed E-state index contributed by atoms with van der Waals surface area (Å²) in [6.45, 7) is 2.28. The molecule has 1 aromatic heterocycles. The Morgan fingerprint density at radius 2 is 1.65 bits per heavy atom. The molecule has 0 aliphatic carbocycles. The highest BCUT2D eigenvalue weighted by Crippen LogP contribution is 2.32. The minimum Gasteiger partial charge on any atom is -0.497 e. The number of benzene rings is 4. The first-order valence-corrected chi connectivity index (χ1v) is 14.6. The molecule has 0 spiro atoms. The second-order valence-corrected chi connectivity index (χ2v) is 11.0. The van der Waals surface area contributed by atoms with Crippen molar-refractivity contribution in [1.82, 2.24) is 4.57 Å². The van der Waals surface area contributed by atoms with Crippen LogP contribution in [-0.2, 0) is 11.4 Å². The molecule has 1 amide bonds. The summed E-state index contributed by atoms with van der Waals surface area (Å²) in [4.78, 5) is 33.0. The maximum absolute atomic E-state index is 14.0. The zero-order valence-electron chi connectivity index (χ0n) is 23.7. The van der Waals surface area contributed by atoms with E-state index in [0.29, 0.717) is 38.6 Å². The fraction of sp³-hybridized carbons (Fsp3) is 0.114. The van der Waals surface area contributed by atoms with E-state index in [0.717, 1.165) is 22.4 Å². The zero-order chi connectivity index (χ0) is 29.8. The lowest BCUT2D eigenvalue weighted by molar-refractivity contribution is -0.113. The van der Waals surface area contributed by atoms with Gasteiger partial charge >= 0.3 is 0 Å². The fourth-order valence-corrected chi connectivity index (χ4v) is 6.06. The van der Waals surface area contributed by atoms with E-state index in [9.17, 15) is 9.59 Å². The van der Waals surface area contributed by atoms with Crippen molar-refractivity contribution in [3.05, 3.63) is 157 Å². The molecule has 43 heavy (non-hydrogen) atoms. The molecule has 4 aromatic carbocycles. The number of ether oxygens (including phenoxy) is 2. The summed E-state index contributed by atoms with van der Waals surface area (Å²) in [6.07, 6.45) is 1.84. The summed E-state index contributed by atoms with van der Waals surface area (Å²) in [5.41, 5.74) is 4.08. The summed E-state index contributed by atoms with van der Waals surface area (Å²) < 4.78 is 13.5. The zero-order valence-corrected chi connectivity index (χ0v) is 24.5. The number of allylic oxidation sites excluding steroid dienone is 1. The van der Waals surface area contributed by atoms with Gasteiger partial charge in [0.1, 0.15) is 18.1 Å². The number of para-hydroxylation sites is 1. The number of amides is 1. The molecule has 1 atom stereocenters. The van der Waals surface area contributed by atoms with E-state index in [1.165, 1.54) is 11.3 Å². The largest absolute Gasteiger partial charge is 0.497 e. The van der Waals surface area contributed by atoms with E-state index in [1.54, 1.807) is 18.6 Å². The Morgan fingerprint density at radius 3 is 2.37 bits per heavy atom. The van der Waals surface area contributed by atoms with Crippen LogP contribution in [0.1, 0.15) is 29.7 Å². The molecule has 0 unspecified atom stereocenters. The number of carbonyl (C=O) groups excluding carboxylic acids is 1. The van der Waals surface area contributed by atoms with Crippen molar-refractivity contribution in [2.45, 2.75) is 19.6 Å². The first-order chi connectivity index (χ1) is 21.0. The summed E-state index contributed by atoms with van der Waals surface area (Å²) in [5.74, 6) is 1.05. The van der Waals surface area contributed by atoms with Crippen molar-refractivity contribution >= 4 is 29.0 Å². The Morgan fingerprint density at radius 1 is 0.930 bits per heavy atom. The molecule has 0 saturated carbocycles. The number of aromatic nitrogens is 1.